The fourth-order valence-corrected chi connectivity index (χ4v) is 1.72. The highest BCUT2D eigenvalue weighted by Gasteiger charge is 2.30. The molecule has 0 unspecified atom stereocenters. The number of aromatic nitrogens is 1. The number of amides is 2. The molecule has 0 saturated heterocycles. The molecule has 0 fully saturated rings. The Bertz CT molecular complexity index is 703. The van der Waals surface area contributed by atoms with Crippen molar-refractivity contribution in [2.24, 2.45) is 0 Å². The molecule has 2 aromatic rings. The summed E-state index contributed by atoms with van der Waals surface area (Å²) in [5, 5.41) is 4.49. The van der Waals surface area contributed by atoms with Crippen molar-refractivity contribution in [2.45, 2.75) is 12.7 Å². The van der Waals surface area contributed by atoms with E-state index in [1.807, 2.05) is 0 Å². The van der Waals surface area contributed by atoms with E-state index in [1.54, 1.807) is 12.1 Å². The van der Waals surface area contributed by atoms with Crippen LogP contribution in [0.15, 0.2) is 48.8 Å². The first-order valence-electron chi connectivity index (χ1n) is 6.51. The molecule has 0 atom stereocenters. The van der Waals surface area contributed by atoms with Crippen molar-refractivity contribution in [1.82, 2.24) is 10.3 Å². The highest BCUT2D eigenvalue weighted by molar-refractivity contribution is 6.39. The molecule has 0 radical (unpaired) electrons. The second-order valence-corrected chi connectivity index (χ2v) is 4.57. The predicted octanol–water partition coefficient (Wildman–Crippen LogP) is 2.36. The summed E-state index contributed by atoms with van der Waals surface area (Å²) in [6.07, 6.45) is -1.46. The van der Waals surface area contributed by atoms with Crippen molar-refractivity contribution >= 4 is 17.5 Å². The average Bonchev–Trinajstić information content (AvgIpc) is 2.53. The van der Waals surface area contributed by atoms with E-state index in [0.717, 1.165) is 23.8 Å². The summed E-state index contributed by atoms with van der Waals surface area (Å²) in [4.78, 5) is 27.1. The number of hydrogen-bond acceptors (Lipinski definition) is 3. The van der Waals surface area contributed by atoms with Crippen LogP contribution in [0, 0.1) is 0 Å². The topological polar surface area (TPSA) is 71.1 Å². The number of carbonyl (C=O) groups excluding carboxylic acids is 2. The lowest BCUT2D eigenvalue weighted by Gasteiger charge is -2.10. The number of alkyl halides is 3. The number of anilines is 1. The van der Waals surface area contributed by atoms with Gasteiger partial charge in [-0.1, -0.05) is 6.07 Å². The van der Waals surface area contributed by atoms with E-state index in [-0.39, 0.29) is 12.2 Å². The number of halogens is 3. The van der Waals surface area contributed by atoms with Gasteiger partial charge in [-0.2, -0.15) is 13.2 Å². The zero-order chi connectivity index (χ0) is 16.9. The summed E-state index contributed by atoms with van der Waals surface area (Å²) in [6.45, 7) is 0.108. The molecule has 5 nitrogen and oxygen atoms in total. The van der Waals surface area contributed by atoms with E-state index in [2.05, 4.69) is 15.6 Å². The van der Waals surface area contributed by atoms with Gasteiger partial charge in [-0.3, -0.25) is 14.6 Å². The molecule has 2 rings (SSSR count). The number of pyridine rings is 1. The van der Waals surface area contributed by atoms with E-state index >= 15 is 0 Å². The van der Waals surface area contributed by atoms with Crippen molar-refractivity contribution in [3.05, 3.63) is 59.9 Å². The fourth-order valence-electron chi connectivity index (χ4n) is 1.72. The Morgan fingerprint density at radius 2 is 1.74 bits per heavy atom. The molecular formula is C15H12F3N3O2. The Morgan fingerprint density at radius 1 is 1.04 bits per heavy atom. The van der Waals surface area contributed by atoms with E-state index in [1.165, 1.54) is 18.5 Å². The molecule has 8 heteroatoms. The van der Waals surface area contributed by atoms with Crippen LogP contribution in [0.2, 0.25) is 0 Å². The van der Waals surface area contributed by atoms with Gasteiger partial charge in [0, 0.05) is 24.6 Å². The van der Waals surface area contributed by atoms with E-state index in [9.17, 15) is 22.8 Å². The third kappa shape index (κ3) is 4.80. The van der Waals surface area contributed by atoms with Crippen molar-refractivity contribution in [2.75, 3.05) is 5.32 Å². The smallest absolute Gasteiger partial charge is 0.344 e. The van der Waals surface area contributed by atoms with Crippen LogP contribution < -0.4 is 10.6 Å². The van der Waals surface area contributed by atoms with Crippen LogP contribution in [-0.2, 0) is 22.3 Å². The fraction of sp³-hybridized carbons (Fsp3) is 0.133. The summed E-state index contributed by atoms with van der Waals surface area (Å²) < 4.78 is 37.7. The lowest BCUT2D eigenvalue weighted by Crippen LogP contribution is -2.35. The van der Waals surface area contributed by atoms with Crippen molar-refractivity contribution in [1.29, 1.82) is 0 Å². The molecule has 0 bridgehead atoms. The molecule has 1 aromatic heterocycles. The number of nitrogens with one attached hydrogen (secondary N) is 2. The number of benzene rings is 1. The van der Waals surface area contributed by atoms with Gasteiger partial charge >= 0.3 is 18.0 Å². The minimum absolute atomic E-state index is 0.108. The van der Waals surface area contributed by atoms with E-state index in [4.69, 9.17) is 0 Å². The summed E-state index contributed by atoms with van der Waals surface area (Å²) in [5.41, 5.74) is -0.281. The van der Waals surface area contributed by atoms with Gasteiger partial charge in [0.15, 0.2) is 0 Å². The summed E-state index contributed by atoms with van der Waals surface area (Å²) in [6, 6.07) is 7.36. The molecule has 0 spiro atoms. The summed E-state index contributed by atoms with van der Waals surface area (Å²) in [7, 11) is 0. The van der Waals surface area contributed by atoms with Gasteiger partial charge < -0.3 is 10.6 Å². The Morgan fingerprint density at radius 3 is 2.39 bits per heavy atom. The first-order valence-corrected chi connectivity index (χ1v) is 6.51. The van der Waals surface area contributed by atoms with Gasteiger partial charge in [0.25, 0.3) is 0 Å². The first kappa shape index (κ1) is 16.5. The second-order valence-electron chi connectivity index (χ2n) is 4.57. The molecule has 1 aromatic carbocycles. The molecule has 0 aliphatic heterocycles. The van der Waals surface area contributed by atoms with Gasteiger partial charge in [-0.25, -0.2) is 0 Å². The van der Waals surface area contributed by atoms with Gasteiger partial charge in [-0.15, -0.1) is 0 Å². The third-order valence-electron chi connectivity index (χ3n) is 2.86. The second kappa shape index (κ2) is 6.91. The summed E-state index contributed by atoms with van der Waals surface area (Å²) >= 11 is 0. The van der Waals surface area contributed by atoms with E-state index < -0.39 is 23.6 Å². The number of rotatable bonds is 3. The standard InChI is InChI=1S/C15H12F3N3O2/c16-15(17,18)11-2-1-3-12(8-11)21-14(23)13(22)20-9-10-4-6-19-7-5-10/h1-8H,9H2,(H,20,22)(H,21,23). The Kier molecular flexibility index (Phi) is 4.95. The molecule has 1 heterocycles. The monoisotopic (exact) mass is 323 g/mol. The normalized spacial score (nSPS) is 10.9. The van der Waals surface area contributed by atoms with Crippen molar-refractivity contribution in [3.63, 3.8) is 0 Å². The first-order chi connectivity index (χ1) is 10.9. The Hall–Kier alpha value is -2.90. The van der Waals surface area contributed by atoms with Crippen LogP contribution in [0.1, 0.15) is 11.1 Å². The average molecular weight is 323 g/mol. The van der Waals surface area contributed by atoms with Crippen molar-refractivity contribution < 1.29 is 22.8 Å². The SMILES string of the molecule is O=C(NCc1ccncc1)C(=O)Nc1cccc(C(F)(F)F)c1. The molecule has 2 N–H and O–H groups in total. The molecule has 2 amide bonds. The molecule has 120 valence electrons. The third-order valence-corrected chi connectivity index (χ3v) is 2.86. The maximum atomic E-state index is 12.6. The van der Waals surface area contributed by atoms with Gasteiger partial charge in [-0.05, 0) is 35.9 Å². The molecular weight excluding hydrogens is 311 g/mol. The highest BCUT2D eigenvalue weighted by atomic mass is 19.4. The largest absolute Gasteiger partial charge is 0.416 e. The molecule has 0 aliphatic rings. The zero-order valence-corrected chi connectivity index (χ0v) is 11.7. The quantitative estimate of drug-likeness (QED) is 0.852. The summed E-state index contributed by atoms with van der Waals surface area (Å²) in [5.74, 6) is -1.99. The van der Waals surface area contributed by atoms with Crippen LogP contribution in [-0.4, -0.2) is 16.8 Å². The van der Waals surface area contributed by atoms with Gasteiger partial charge in [0.1, 0.15) is 0 Å². The number of carbonyl (C=O) groups is 2. The minimum Gasteiger partial charge on any atom is -0.344 e. The van der Waals surface area contributed by atoms with Crippen LogP contribution in [0.25, 0.3) is 0 Å². The zero-order valence-electron chi connectivity index (χ0n) is 11.7. The van der Waals surface area contributed by atoms with Crippen LogP contribution >= 0.6 is 0 Å². The van der Waals surface area contributed by atoms with Crippen LogP contribution in [0.5, 0.6) is 0 Å². The van der Waals surface area contributed by atoms with Crippen molar-refractivity contribution in [3.8, 4) is 0 Å². The predicted molar refractivity (Wildman–Crippen MR) is 76.2 cm³/mol. The van der Waals surface area contributed by atoms with Crippen LogP contribution in [0.3, 0.4) is 0 Å². The number of nitrogens with zero attached hydrogens (tertiary/aromatic N) is 1. The maximum absolute atomic E-state index is 12.6. The molecule has 0 aliphatic carbocycles. The maximum Gasteiger partial charge on any atom is 0.416 e. The highest BCUT2D eigenvalue weighted by Crippen LogP contribution is 2.30. The van der Waals surface area contributed by atoms with E-state index in [0.29, 0.717) is 0 Å². The molecule has 0 saturated carbocycles. The Labute approximate surface area is 129 Å². The Balaban J connectivity index is 1.95. The van der Waals surface area contributed by atoms with Gasteiger partial charge in [0.05, 0.1) is 5.56 Å². The lowest BCUT2D eigenvalue weighted by atomic mass is 10.2. The number of hydrogen-bond donors (Lipinski definition) is 2. The minimum atomic E-state index is -4.52. The van der Waals surface area contributed by atoms with Gasteiger partial charge in [0.2, 0.25) is 0 Å². The lowest BCUT2D eigenvalue weighted by molar-refractivity contribution is -0.137. The van der Waals surface area contributed by atoms with Crippen LogP contribution in [0.4, 0.5) is 18.9 Å². The molecule has 23 heavy (non-hydrogen) atoms.